The molecular formula is C45H46O3S2. The van der Waals surface area contributed by atoms with Crippen LogP contribution in [0.1, 0.15) is 115 Å². The van der Waals surface area contributed by atoms with E-state index >= 15 is 0 Å². The molecule has 1 fully saturated rings. The summed E-state index contributed by atoms with van der Waals surface area (Å²) < 4.78 is 5.81. The quantitative estimate of drug-likeness (QED) is 0.0696. The van der Waals surface area contributed by atoms with E-state index in [4.69, 9.17) is 4.74 Å². The van der Waals surface area contributed by atoms with Crippen LogP contribution in [-0.2, 0) is 0 Å². The Balaban J connectivity index is 1.13. The van der Waals surface area contributed by atoms with Gasteiger partial charge >= 0.3 is 0 Å². The van der Waals surface area contributed by atoms with E-state index in [-0.39, 0.29) is 11.6 Å². The molecule has 0 amide bonds. The molecular weight excluding hydrogens is 653 g/mol. The first-order chi connectivity index (χ1) is 24.4. The lowest BCUT2D eigenvalue weighted by Gasteiger charge is -2.26. The molecule has 2 aliphatic carbocycles. The van der Waals surface area contributed by atoms with Gasteiger partial charge in [-0.1, -0.05) is 130 Å². The van der Waals surface area contributed by atoms with Crippen LogP contribution in [0.15, 0.2) is 129 Å². The standard InChI is InChI=1S/C45H46O3S2/c1-5-7-29-48-35-25-27-37(28-26-35)50-41-16-10-14-39-43(41)45(47)38-13-9-15-40(42(38)44(39)46)49-36(6-2)12-8-11-31(4)32-21-23-34(24-22-32)33-19-17-30(3)18-20-33/h6,8-11,13-16,21-28,30,33H,4-5,7,12,17-20,29H2,1-3H3/b11-8-,36-6+. The van der Waals surface area contributed by atoms with Crippen LogP contribution < -0.4 is 4.74 Å². The summed E-state index contributed by atoms with van der Waals surface area (Å²) in [5.41, 5.74) is 5.46. The van der Waals surface area contributed by atoms with Crippen molar-refractivity contribution in [3.8, 4) is 5.75 Å². The fourth-order valence-electron chi connectivity index (χ4n) is 6.75. The van der Waals surface area contributed by atoms with Gasteiger partial charge in [0.2, 0.25) is 0 Å². The number of allylic oxidation sites excluding steroid dienone is 5. The number of carbonyl (C=O) groups is 2. The van der Waals surface area contributed by atoms with E-state index in [9.17, 15) is 9.59 Å². The van der Waals surface area contributed by atoms with Gasteiger partial charge in [0.25, 0.3) is 0 Å². The van der Waals surface area contributed by atoms with Crippen LogP contribution in [0, 0.1) is 5.92 Å². The molecule has 4 aromatic carbocycles. The summed E-state index contributed by atoms with van der Waals surface area (Å²) in [5, 5.41) is 0. The van der Waals surface area contributed by atoms with Crippen molar-refractivity contribution in [3.63, 3.8) is 0 Å². The molecule has 6 rings (SSSR count). The molecule has 5 heteroatoms. The maximum Gasteiger partial charge on any atom is 0.195 e. The molecule has 0 aromatic heterocycles. The van der Waals surface area contributed by atoms with Gasteiger partial charge in [0.05, 0.1) is 6.61 Å². The van der Waals surface area contributed by atoms with E-state index in [2.05, 4.69) is 62.9 Å². The highest BCUT2D eigenvalue weighted by molar-refractivity contribution is 8.03. The van der Waals surface area contributed by atoms with Gasteiger partial charge in [-0.2, -0.15) is 0 Å². The van der Waals surface area contributed by atoms with Crippen molar-refractivity contribution in [1.29, 1.82) is 0 Å². The molecule has 0 spiro atoms. The third-order valence-corrected chi connectivity index (χ3v) is 12.1. The summed E-state index contributed by atoms with van der Waals surface area (Å²) in [5.74, 6) is 2.15. The maximum absolute atomic E-state index is 14.1. The van der Waals surface area contributed by atoms with Gasteiger partial charge in [0.1, 0.15) is 5.75 Å². The summed E-state index contributed by atoms with van der Waals surface area (Å²) in [4.78, 5) is 31.8. The Morgan fingerprint density at radius 1 is 0.840 bits per heavy atom. The first kappa shape index (κ1) is 35.8. The Bertz CT molecular complexity index is 1910. The first-order valence-corrected chi connectivity index (χ1v) is 19.5. The number of rotatable bonds is 13. The van der Waals surface area contributed by atoms with Crippen LogP contribution >= 0.6 is 23.5 Å². The van der Waals surface area contributed by atoms with Crippen LogP contribution in [-0.4, -0.2) is 18.2 Å². The fourth-order valence-corrected chi connectivity index (χ4v) is 8.76. The van der Waals surface area contributed by atoms with Crippen molar-refractivity contribution in [2.24, 2.45) is 5.92 Å². The van der Waals surface area contributed by atoms with Gasteiger partial charge in [-0.3, -0.25) is 9.59 Å². The van der Waals surface area contributed by atoms with Crippen LogP contribution in [0.4, 0.5) is 0 Å². The lowest BCUT2D eigenvalue weighted by molar-refractivity contribution is 0.0974. The van der Waals surface area contributed by atoms with Gasteiger partial charge in [0, 0.05) is 36.9 Å². The van der Waals surface area contributed by atoms with E-state index in [1.807, 2.05) is 55.5 Å². The summed E-state index contributed by atoms with van der Waals surface area (Å²) in [7, 11) is 0. The molecule has 0 radical (unpaired) electrons. The zero-order valence-corrected chi connectivity index (χ0v) is 31.0. The topological polar surface area (TPSA) is 43.4 Å². The summed E-state index contributed by atoms with van der Waals surface area (Å²) >= 11 is 3.05. The predicted molar refractivity (Wildman–Crippen MR) is 210 cm³/mol. The van der Waals surface area contributed by atoms with E-state index < -0.39 is 0 Å². The van der Waals surface area contributed by atoms with Crippen LogP contribution in [0.3, 0.4) is 0 Å². The SMILES string of the molecule is C=C(/C=C\C/C(=C\C)Sc1cccc2c1C(=O)c1cccc(Sc3ccc(OCCCC)cc3)c1C2=O)c1ccc(C2CCC(C)CC2)cc1. The Morgan fingerprint density at radius 2 is 1.48 bits per heavy atom. The fraction of sp³-hybridized carbons (Fsp3) is 0.289. The number of fused-ring (bicyclic) bond motifs is 2. The number of ketones is 2. The molecule has 2 aliphatic rings. The average Bonchev–Trinajstić information content (AvgIpc) is 3.14. The minimum atomic E-state index is -0.109. The molecule has 1 saturated carbocycles. The number of benzene rings is 4. The van der Waals surface area contributed by atoms with E-state index in [0.717, 1.165) is 55.2 Å². The Morgan fingerprint density at radius 3 is 2.12 bits per heavy atom. The van der Waals surface area contributed by atoms with Gasteiger partial charge in [-0.15, -0.1) is 0 Å². The first-order valence-electron chi connectivity index (χ1n) is 17.9. The number of ether oxygens (including phenoxy) is 1. The Hall–Kier alpha value is -4.06. The number of thioether (sulfide) groups is 1. The molecule has 0 atom stereocenters. The van der Waals surface area contributed by atoms with E-state index in [1.165, 1.54) is 43.0 Å². The van der Waals surface area contributed by atoms with Crippen LogP contribution in [0.25, 0.3) is 5.57 Å². The molecule has 0 unspecified atom stereocenters. The van der Waals surface area contributed by atoms with Gasteiger partial charge in [-0.05, 0) is 102 Å². The van der Waals surface area contributed by atoms with Crippen molar-refractivity contribution >= 4 is 40.7 Å². The average molecular weight is 699 g/mol. The Labute approximate surface area is 306 Å². The van der Waals surface area contributed by atoms with Crippen molar-refractivity contribution in [3.05, 3.63) is 148 Å². The molecule has 256 valence electrons. The zero-order chi connectivity index (χ0) is 35.0. The monoisotopic (exact) mass is 698 g/mol. The molecule has 0 aliphatic heterocycles. The Kier molecular flexibility index (Phi) is 12.0. The third-order valence-electron chi connectivity index (χ3n) is 9.78. The van der Waals surface area contributed by atoms with E-state index in [1.54, 1.807) is 23.9 Å². The number of hydrogen-bond acceptors (Lipinski definition) is 5. The molecule has 0 bridgehead atoms. The third kappa shape index (κ3) is 8.28. The number of unbranched alkanes of at least 4 members (excludes halogenated alkanes) is 1. The smallest absolute Gasteiger partial charge is 0.195 e. The second-order valence-electron chi connectivity index (χ2n) is 13.4. The molecule has 4 aromatic rings. The maximum atomic E-state index is 14.1. The summed E-state index contributed by atoms with van der Waals surface area (Å²) in [6, 6.07) is 28.1. The molecule has 0 N–H and O–H groups in total. The lowest BCUT2D eigenvalue weighted by Crippen LogP contribution is -2.22. The van der Waals surface area contributed by atoms with Crippen LogP contribution in [0.2, 0.25) is 0 Å². The summed E-state index contributed by atoms with van der Waals surface area (Å²) in [6.07, 6.45) is 14.3. The summed E-state index contributed by atoms with van der Waals surface area (Å²) in [6.45, 7) is 11.5. The molecule has 3 nitrogen and oxygen atoms in total. The second kappa shape index (κ2) is 16.8. The van der Waals surface area contributed by atoms with Crippen molar-refractivity contribution in [2.45, 2.75) is 86.3 Å². The largest absolute Gasteiger partial charge is 0.494 e. The van der Waals surface area contributed by atoms with Gasteiger partial charge in [-0.25, -0.2) is 0 Å². The van der Waals surface area contributed by atoms with Crippen molar-refractivity contribution in [1.82, 2.24) is 0 Å². The van der Waals surface area contributed by atoms with Crippen molar-refractivity contribution < 1.29 is 14.3 Å². The number of hydrogen-bond donors (Lipinski definition) is 0. The van der Waals surface area contributed by atoms with Crippen molar-refractivity contribution in [2.75, 3.05) is 6.61 Å². The van der Waals surface area contributed by atoms with Crippen LogP contribution in [0.5, 0.6) is 5.75 Å². The normalized spacial score (nSPS) is 17.5. The predicted octanol–water partition coefficient (Wildman–Crippen LogP) is 12.7. The second-order valence-corrected chi connectivity index (χ2v) is 15.6. The molecule has 50 heavy (non-hydrogen) atoms. The lowest BCUT2D eigenvalue weighted by atomic mass is 9.79. The highest BCUT2D eigenvalue weighted by Gasteiger charge is 2.34. The minimum absolute atomic E-state index is 0.106. The minimum Gasteiger partial charge on any atom is -0.494 e. The van der Waals surface area contributed by atoms with E-state index in [0.29, 0.717) is 41.2 Å². The number of carbonyl (C=O) groups excluding carboxylic acids is 2. The van der Waals surface area contributed by atoms with Gasteiger partial charge < -0.3 is 4.74 Å². The highest BCUT2D eigenvalue weighted by atomic mass is 32.2. The molecule has 0 heterocycles. The molecule has 0 saturated heterocycles. The van der Waals surface area contributed by atoms with Gasteiger partial charge in [0.15, 0.2) is 11.6 Å². The highest BCUT2D eigenvalue weighted by Crippen LogP contribution is 2.42. The zero-order valence-electron chi connectivity index (χ0n) is 29.4.